The predicted molar refractivity (Wildman–Crippen MR) is 131 cm³/mol. The van der Waals surface area contributed by atoms with E-state index in [1.165, 1.54) is 12.2 Å². The highest BCUT2D eigenvalue weighted by atomic mass is 16.3. The monoisotopic (exact) mass is 436 g/mol. The number of benzene rings is 2. The predicted octanol–water partition coefficient (Wildman–Crippen LogP) is 3.04. The lowest BCUT2D eigenvalue weighted by Crippen LogP contribution is -2.20. The van der Waals surface area contributed by atoms with Crippen LogP contribution in [0.1, 0.15) is 18.1 Å². The van der Waals surface area contributed by atoms with Crippen LogP contribution in [-0.2, 0) is 9.59 Å². The van der Waals surface area contributed by atoms with Gasteiger partial charge in [-0.3, -0.25) is 9.59 Å². The van der Waals surface area contributed by atoms with Crippen LogP contribution < -0.4 is 9.80 Å². The number of hydrogen-bond acceptors (Lipinski definition) is 6. The van der Waals surface area contributed by atoms with Gasteiger partial charge < -0.3 is 20.0 Å². The summed E-state index contributed by atoms with van der Waals surface area (Å²) < 4.78 is 0. The van der Waals surface area contributed by atoms with Gasteiger partial charge in [-0.25, -0.2) is 0 Å². The molecule has 0 saturated carbocycles. The summed E-state index contributed by atoms with van der Waals surface area (Å²) in [6.45, 7) is 2.87. The average molecular weight is 437 g/mol. The van der Waals surface area contributed by atoms with Gasteiger partial charge in [0.1, 0.15) is 0 Å². The van der Waals surface area contributed by atoms with E-state index >= 15 is 0 Å². The van der Waals surface area contributed by atoms with Gasteiger partial charge in [-0.05, 0) is 54.5 Å². The van der Waals surface area contributed by atoms with Crippen molar-refractivity contribution in [2.24, 2.45) is 5.92 Å². The maximum Gasteiger partial charge on any atom is 0.166 e. The number of allylic oxidation sites excluding steroid dienone is 2. The molecule has 0 fully saturated rings. The number of carbonyl (C=O) groups is 2. The molecule has 6 heteroatoms. The summed E-state index contributed by atoms with van der Waals surface area (Å²) in [4.78, 5) is 28.7. The van der Waals surface area contributed by atoms with Crippen molar-refractivity contribution >= 4 is 35.1 Å². The van der Waals surface area contributed by atoms with Gasteiger partial charge in [-0.1, -0.05) is 36.4 Å². The van der Waals surface area contributed by atoms with Crippen LogP contribution in [0.4, 0.5) is 11.4 Å². The van der Waals surface area contributed by atoms with Gasteiger partial charge in [0.25, 0.3) is 0 Å². The van der Waals surface area contributed by atoms with Crippen LogP contribution in [0.3, 0.4) is 0 Å². The minimum atomic E-state index is -0.757. The van der Waals surface area contributed by atoms with Crippen molar-refractivity contribution in [1.29, 1.82) is 0 Å². The fraction of sp³-hybridized carbons (Fsp3) is 0.308. The summed E-state index contributed by atoms with van der Waals surface area (Å²) in [7, 11) is 3.80. The Morgan fingerprint density at radius 3 is 1.41 bits per heavy atom. The van der Waals surface area contributed by atoms with Crippen LogP contribution in [-0.4, -0.2) is 62.2 Å². The molecule has 2 N–H and O–H groups in total. The van der Waals surface area contributed by atoms with Crippen LogP contribution in [0.2, 0.25) is 0 Å². The van der Waals surface area contributed by atoms with Crippen LogP contribution in [0.5, 0.6) is 0 Å². The van der Waals surface area contributed by atoms with Crippen LogP contribution >= 0.6 is 0 Å². The van der Waals surface area contributed by atoms with Gasteiger partial charge >= 0.3 is 0 Å². The van der Waals surface area contributed by atoms with E-state index in [9.17, 15) is 9.59 Å². The lowest BCUT2D eigenvalue weighted by molar-refractivity contribution is -0.126. The Kier molecular flexibility index (Phi) is 9.85. The maximum absolute atomic E-state index is 12.4. The van der Waals surface area contributed by atoms with Crippen molar-refractivity contribution in [2.75, 3.05) is 50.2 Å². The average Bonchev–Trinajstić information content (AvgIpc) is 2.81. The number of likely N-dealkylation sites (N-methyl/N-ethyl adjacent to an activating group) is 2. The molecule has 0 saturated heterocycles. The van der Waals surface area contributed by atoms with Gasteiger partial charge in [-0.2, -0.15) is 0 Å². The summed E-state index contributed by atoms with van der Waals surface area (Å²) in [5.74, 6) is -1.25. The fourth-order valence-electron chi connectivity index (χ4n) is 3.02. The molecule has 0 radical (unpaired) electrons. The van der Waals surface area contributed by atoms with E-state index in [4.69, 9.17) is 10.2 Å². The molecule has 0 amide bonds. The van der Waals surface area contributed by atoms with E-state index in [0.29, 0.717) is 13.1 Å². The number of hydrogen-bond donors (Lipinski definition) is 2. The fourth-order valence-corrected chi connectivity index (χ4v) is 3.02. The Labute approximate surface area is 190 Å². The molecule has 0 unspecified atom stereocenters. The molecule has 0 aliphatic carbocycles. The highest BCUT2D eigenvalue weighted by Gasteiger charge is 2.16. The van der Waals surface area contributed by atoms with Crippen LogP contribution in [0.25, 0.3) is 12.2 Å². The van der Waals surface area contributed by atoms with Gasteiger partial charge in [0, 0.05) is 38.6 Å². The molecule has 0 spiro atoms. The molecule has 0 aliphatic heterocycles. The van der Waals surface area contributed by atoms with Crippen molar-refractivity contribution in [2.45, 2.75) is 6.92 Å². The third-order valence-corrected chi connectivity index (χ3v) is 5.27. The Morgan fingerprint density at radius 2 is 1.09 bits per heavy atom. The molecule has 2 rings (SSSR count). The Bertz CT molecular complexity index is 856. The van der Waals surface area contributed by atoms with Gasteiger partial charge in [-0.15, -0.1) is 0 Å². The molecule has 2 aromatic carbocycles. The van der Waals surface area contributed by atoms with Crippen molar-refractivity contribution < 1.29 is 19.8 Å². The molecule has 6 nitrogen and oxygen atoms in total. The molecule has 0 aromatic heterocycles. The first-order chi connectivity index (χ1) is 15.3. The number of ketones is 2. The Hall–Kier alpha value is -3.22. The number of nitrogens with zero attached hydrogens (tertiary/aromatic N) is 2. The van der Waals surface area contributed by atoms with E-state index in [1.54, 1.807) is 19.1 Å². The summed E-state index contributed by atoms with van der Waals surface area (Å²) in [5, 5.41) is 18.0. The third-order valence-electron chi connectivity index (χ3n) is 5.27. The van der Waals surface area contributed by atoms with Crippen molar-refractivity contribution in [3.05, 3.63) is 71.8 Å². The Morgan fingerprint density at radius 1 is 0.750 bits per heavy atom. The van der Waals surface area contributed by atoms with Crippen molar-refractivity contribution in [1.82, 2.24) is 0 Å². The second kappa shape index (κ2) is 12.6. The molecular formula is C26H32N2O4. The number of aliphatic hydroxyl groups is 2. The lowest BCUT2D eigenvalue weighted by Gasteiger charge is -2.17. The van der Waals surface area contributed by atoms with Gasteiger partial charge in [0.2, 0.25) is 0 Å². The van der Waals surface area contributed by atoms with Crippen molar-refractivity contribution in [3.63, 3.8) is 0 Å². The minimum Gasteiger partial charge on any atom is -0.395 e. The Balaban J connectivity index is 1.93. The zero-order valence-corrected chi connectivity index (χ0v) is 18.9. The molecular weight excluding hydrogens is 404 g/mol. The van der Waals surface area contributed by atoms with Gasteiger partial charge in [0.15, 0.2) is 11.6 Å². The van der Waals surface area contributed by atoms with Gasteiger partial charge in [0.05, 0.1) is 19.1 Å². The number of anilines is 2. The largest absolute Gasteiger partial charge is 0.395 e. The first-order valence-electron chi connectivity index (χ1n) is 10.6. The summed E-state index contributed by atoms with van der Waals surface area (Å²) >= 11 is 0. The smallest absolute Gasteiger partial charge is 0.166 e. The molecule has 0 atom stereocenters. The quantitative estimate of drug-likeness (QED) is 0.393. The first-order valence-corrected chi connectivity index (χ1v) is 10.6. The molecule has 32 heavy (non-hydrogen) atoms. The topological polar surface area (TPSA) is 81.1 Å². The standard InChI is InChI=1S/C26H32N2O4/c1-20(25(31)14-8-21-4-10-23(11-5-21)27(2)16-18-29)26(32)15-9-22-6-12-24(13-7-22)28(3)17-19-30/h4-15,20,29-30H,16-19H2,1-3H3/b14-8+,15-9+. The normalized spacial score (nSPS) is 11.4. The number of rotatable bonds is 12. The number of aliphatic hydroxyl groups excluding tert-OH is 2. The summed E-state index contributed by atoms with van der Waals surface area (Å²) in [6, 6.07) is 15.2. The molecule has 2 aromatic rings. The molecule has 0 bridgehead atoms. The van der Waals surface area contributed by atoms with Crippen LogP contribution in [0.15, 0.2) is 60.7 Å². The first kappa shape index (κ1) is 25.0. The van der Waals surface area contributed by atoms with E-state index < -0.39 is 5.92 Å². The SMILES string of the molecule is CC(C(=O)/C=C/c1ccc(N(C)CCO)cc1)C(=O)/C=C/c1ccc(N(C)CCO)cc1. The van der Waals surface area contributed by atoms with Crippen molar-refractivity contribution in [3.8, 4) is 0 Å². The third kappa shape index (κ3) is 7.48. The van der Waals surface area contributed by atoms with E-state index in [-0.39, 0.29) is 24.8 Å². The summed E-state index contributed by atoms with van der Waals surface area (Å²) in [6.07, 6.45) is 6.28. The maximum atomic E-state index is 12.4. The van der Waals surface area contributed by atoms with Crippen LogP contribution in [0, 0.1) is 5.92 Å². The van der Waals surface area contributed by atoms with E-state index in [1.807, 2.05) is 72.4 Å². The number of carbonyl (C=O) groups excluding carboxylic acids is 2. The highest BCUT2D eigenvalue weighted by Crippen LogP contribution is 2.16. The molecule has 0 aliphatic rings. The molecule has 0 heterocycles. The van der Waals surface area contributed by atoms with E-state index in [2.05, 4.69) is 0 Å². The second-order valence-electron chi connectivity index (χ2n) is 7.67. The zero-order valence-electron chi connectivity index (χ0n) is 18.9. The zero-order chi connectivity index (χ0) is 23.5. The molecule has 170 valence electrons. The minimum absolute atomic E-state index is 0.0836. The lowest BCUT2D eigenvalue weighted by atomic mass is 9.99. The second-order valence-corrected chi connectivity index (χ2v) is 7.67. The highest BCUT2D eigenvalue weighted by molar-refractivity contribution is 6.13. The summed E-state index contributed by atoms with van der Waals surface area (Å²) in [5.41, 5.74) is 3.68. The van der Waals surface area contributed by atoms with E-state index in [0.717, 1.165) is 22.5 Å².